The standard InChI is InChI=1S/C24H24FN3O2S/c25-23-16-20(15-22(17-23)21-7-9-26-10-8-21)2-1-19-3-5-24(6-4-19)28-13-11-27(12-14-28)18-31(29)30/h1-10,15-17H,11-14,18H2,(H,29,30)/p-1/b2-1+. The average molecular weight is 437 g/mol. The molecule has 0 spiro atoms. The average Bonchev–Trinajstić information content (AvgIpc) is 2.78. The first-order valence-electron chi connectivity index (χ1n) is 10.1. The Kier molecular flexibility index (Phi) is 6.86. The molecule has 0 aliphatic carbocycles. The van der Waals surface area contributed by atoms with Crippen molar-refractivity contribution in [2.45, 2.75) is 0 Å². The quantitative estimate of drug-likeness (QED) is 0.432. The van der Waals surface area contributed by atoms with E-state index in [0.29, 0.717) is 0 Å². The number of rotatable bonds is 6. The van der Waals surface area contributed by atoms with Crippen LogP contribution in [0.1, 0.15) is 11.1 Å². The molecule has 0 N–H and O–H groups in total. The normalized spacial score (nSPS) is 16.0. The van der Waals surface area contributed by atoms with Gasteiger partial charge in [0.25, 0.3) is 0 Å². The minimum atomic E-state index is -2.03. The Bertz CT molecular complexity index is 1070. The van der Waals surface area contributed by atoms with Crippen molar-refractivity contribution in [3.05, 3.63) is 83.9 Å². The van der Waals surface area contributed by atoms with E-state index in [1.807, 2.05) is 47.4 Å². The Morgan fingerprint density at radius 3 is 2.26 bits per heavy atom. The Labute approximate surface area is 184 Å². The van der Waals surface area contributed by atoms with Crippen LogP contribution in [0.2, 0.25) is 0 Å². The first-order chi connectivity index (χ1) is 15.1. The van der Waals surface area contributed by atoms with Crippen LogP contribution in [-0.4, -0.2) is 50.7 Å². The molecular formula is C24H23FN3O2S-. The molecule has 1 aromatic heterocycles. The minimum absolute atomic E-state index is 0.0977. The summed E-state index contributed by atoms with van der Waals surface area (Å²) in [5, 5.41) is 0. The molecule has 2 heterocycles. The van der Waals surface area contributed by atoms with Crippen LogP contribution >= 0.6 is 0 Å². The molecule has 0 amide bonds. The second kappa shape index (κ2) is 9.96. The summed E-state index contributed by atoms with van der Waals surface area (Å²) >= 11 is -2.03. The smallest absolute Gasteiger partial charge is 0.124 e. The largest absolute Gasteiger partial charge is 0.771 e. The van der Waals surface area contributed by atoms with Crippen LogP contribution < -0.4 is 4.90 Å². The summed E-state index contributed by atoms with van der Waals surface area (Å²) in [5.74, 6) is -0.176. The zero-order chi connectivity index (χ0) is 21.6. The van der Waals surface area contributed by atoms with Crippen LogP contribution in [0.15, 0.2) is 67.0 Å². The fraction of sp³-hybridized carbons (Fsp3) is 0.208. The monoisotopic (exact) mass is 436 g/mol. The van der Waals surface area contributed by atoms with Gasteiger partial charge in [-0.1, -0.05) is 24.3 Å². The lowest BCUT2D eigenvalue weighted by molar-refractivity contribution is 0.291. The highest BCUT2D eigenvalue weighted by Crippen LogP contribution is 2.23. The van der Waals surface area contributed by atoms with E-state index in [1.54, 1.807) is 12.4 Å². The lowest BCUT2D eigenvalue weighted by atomic mass is 10.0. The zero-order valence-electron chi connectivity index (χ0n) is 17.0. The topological polar surface area (TPSA) is 59.5 Å². The summed E-state index contributed by atoms with van der Waals surface area (Å²) in [6.45, 7) is 3.06. The van der Waals surface area contributed by atoms with Crippen molar-refractivity contribution in [1.82, 2.24) is 9.88 Å². The van der Waals surface area contributed by atoms with E-state index >= 15 is 0 Å². The van der Waals surface area contributed by atoms with Gasteiger partial charge in [0.05, 0.1) is 5.88 Å². The fourth-order valence-electron chi connectivity index (χ4n) is 3.69. The van der Waals surface area contributed by atoms with E-state index in [-0.39, 0.29) is 11.7 Å². The third-order valence-corrected chi connectivity index (χ3v) is 5.90. The van der Waals surface area contributed by atoms with Gasteiger partial charge in [-0.05, 0) is 75.8 Å². The highest BCUT2D eigenvalue weighted by atomic mass is 32.2. The van der Waals surface area contributed by atoms with E-state index in [4.69, 9.17) is 0 Å². The van der Waals surface area contributed by atoms with Gasteiger partial charge in [0.2, 0.25) is 0 Å². The molecule has 2 aromatic carbocycles. The maximum atomic E-state index is 14.1. The van der Waals surface area contributed by atoms with Crippen LogP contribution in [0, 0.1) is 5.82 Å². The molecule has 0 radical (unpaired) electrons. The van der Waals surface area contributed by atoms with Crippen molar-refractivity contribution >= 4 is 28.9 Å². The van der Waals surface area contributed by atoms with E-state index in [0.717, 1.165) is 54.1 Å². The SMILES string of the molecule is O=S([O-])CN1CCN(c2ccc(/C=C/c3cc(F)cc(-c4ccncc4)c3)cc2)CC1. The molecule has 31 heavy (non-hydrogen) atoms. The molecule has 1 aliphatic heterocycles. The number of hydrogen-bond acceptors (Lipinski definition) is 5. The van der Waals surface area contributed by atoms with Crippen LogP contribution in [-0.2, 0) is 11.1 Å². The Morgan fingerprint density at radius 1 is 0.903 bits per heavy atom. The molecule has 1 aliphatic rings. The summed E-state index contributed by atoms with van der Waals surface area (Å²) in [4.78, 5) is 8.20. The van der Waals surface area contributed by atoms with Crippen molar-refractivity contribution in [2.75, 3.05) is 37.0 Å². The van der Waals surface area contributed by atoms with Gasteiger partial charge in [-0.15, -0.1) is 0 Å². The number of piperazine rings is 1. The van der Waals surface area contributed by atoms with E-state index < -0.39 is 11.1 Å². The molecule has 1 atom stereocenters. The Hall–Kier alpha value is -2.87. The van der Waals surface area contributed by atoms with E-state index in [9.17, 15) is 13.2 Å². The lowest BCUT2D eigenvalue weighted by Crippen LogP contribution is -2.47. The summed E-state index contributed by atoms with van der Waals surface area (Å²) in [7, 11) is 0. The molecular weight excluding hydrogens is 413 g/mol. The Balaban J connectivity index is 1.42. The number of pyridine rings is 1. The van der Waals surface area contributed by atoms with Crippen molar-refractivity contribution in [2.24, 2.45) is 0 Å². The number of halogens is 1. The van der Waals surface area contributed by atoms with Crippen molar-refractivity contribution in [1.29, 1.82) is 0 Å². The van der Waals surface area contributed by atoms with Gasteiger partial charge in [0.1, 0.15) is 5.82 Å². The molecule has 1 saturated heterocycles. The van der Waals surface area contributed by atoms with Gasteiger partial charge in [0.15, 0.2) is 0 Å². The fourth-order valence-corrected chi connectivity index (χ4v) is 4.25. The number of nitrogens with zero attached hydrogens (tertiary/aromatic N) is 3. The van der Waals surface area contributed by atoms with Crippen LogP contribution in [0.5, 0.6) is 0 Å². The summed E-state index contributed by atoms with van der Waals surface area (Å²) in [5.41, 5.74) is 4.68. The highest BCUT2D eigenvalue weighted by Gasteiger charge is 2.16. The first kappa shape index (κ1) is 21.4. The maximum Gasteiger partial charge on any atom is 0.124 e. The molecule has 1 unspecified atom stereocenters. The summed E-state index contributed by atoms with van der Waals surface area (Å²) < 4.78 is 35.8. The van der Waals surface area contributed by atoms with Crippen molar-refractivity contribution < 1.29 is 13.2 Å². The van der Waals surface area contributed by atoms with E-state index in [1.165, 1.54) is 12.1 Å². The van der Waals surface area contributed by atoms with Gasteiger partial charge in [-0.3, -0.25) is 14.1 Å². The van der Waals surface area contributed by atoms with Crippen LogP contribution in [0.3, 0.4) is 0 Å². The Morgan fingerprint density at radius 2 is 1.58 bits per heavy atom. The number of hydrogen-bond donors (Lipinski definition) is 0. The maximum absolute atomic E-state index is 14.1. The highest BCUT2D eigenvalue weighted by molar-refractivity contribution is 7.79. The summed E-state index contributed by atoms with van der Waals surface area (Å²) in [6.07, 6.45) is 7.27. The molecule has 0 saturated carbocycles. The zero-order valence-corrected chi connectivity index (χ0v) is 17.8. The second-order valence-corrected chi connectivity index (χ2v) is 8.34. The minimum Gasteiger partial charge on any atom is -0.771 e. The summed E-state index contributed by atoms with van der Waals surface area (Å²) in [6, 6.07) is 16.9. The molecule has 4 rings (SSSR count). The van der Waals surface area contributed by atoms with E-state index in [2.05, 4.69) is 22.0 Å². The molecule has 160 valence electrons. The predicted octanol–water partition coefficient (Wildman–Crippen LogP) is 4.02. The molecule has 1 fully saturated rings. The van der Waals surface area contributed by atoms with Crippen LogP contribution in [0.4, 0.5) is 10.1 Å². The first-order valence-corrected chi connectivity index (χ1v) is 11.3. The van der Waals surface area contributed by atoms with Crippen LogP contribution in [0.25, 0.3) is 23.3 Å². The van der Waals surface area contributed by atoms with Crippen molar-refractivity contribution in [3.8, 4) is 11.1 Å². The lowest BCUT2D eigenvalue weighted by Gasteiger charge is -2.36. The molecule has 0 bridgehead atoms. The van der Waals surface area contributed by atoms with Crippen molar-refractivity contribution in [3.63, 3.8) is 0 Å². The molecule has 7 heteroatoms. The third kappa shape index (κ3) is 5.85. The van der Waals surface area contributed by atoms with Gasteiger partial charge in [-0.25, -0.2) is 4.39 Å². The predicted molar refractivity (Wildman–Crippen MR) is 123 cm³/mol. The van der Waals surface area contributed by atoms with Gasteiger partial charge >= 0.3 is 0 Å². The number of aromatic nitrogens is 1. The van der Waals surface area contributed by atoms with Gasteiger partial charge in [0, 0.05) is 44.3 Å². The second-order valence-electron chi connectivity index (χ2n) is 7.47. The van der Waals surface area contributed by atoms with Gasteiger partial charge in [-0.2, -0.15) is 0 Å². The van der Waals surface area contributed by atoms with Gasteiger partial charge < -0.3 is 9.45 Å². The molecule has 5 nitrogen and oxygen atoms in total. The third-order valence-electron chi connectivity index (χ3n) is 5.32. The molecule has 3 aromatic rings. The number of benzene rings is 2. The number of anilines is 1.